The summed E-state index contributed by atoms with van der Waals surface area (Å²) in [5.74, 6) is 0. The molecule has 0 bridgehead atoms. The first-order chi connectivity index (χ1) is 6.42. The van der Waals surface area contributed by atoms with Crippen LogP contribution in [-0.2, 0) is 4.79 Å². The minimum atomic E-state index is 0.0155. The molecular formula is C8H11N3OS. The van der Waals surface area contributed by atoms with Crippen molar-refractivity contribution in [2.45, 2.75) is 25.3 Å². The average Bonchev–Trinajstić information content (AvgIpc) is 2.70. The monoisotopic (exact) mass is 197 g/mol. The highest BCUT2D eigenvalue weighted by molar-refractivity contribution is 7.13. The highest BCUT2D eigenvalue weighted by Crippen LogP contribution is 2.24. The second kappa shape index (κ2) is 3.83. The Hall–Kier alpha value is -0.970. The first kappa shape index (κ1) is 8.62. The fraction of sp³-hybridized carbons (Fsp3) is 0.625. The fourth-order valence-corrected chi connectivity index (χ4v) is 2.27. The highest BCUT2D eigenvalue weighted by Gasteiger charge is 2.23. The van der Waals surface area contributed by atoms with Gasteiger partial charge in [-0.1, -0.05) is 11.3 Å². The van der Waals surface area contributed by atoms with E-state index in [1.54, 1.807) is 5.51 Å². The Morgan fingerprint density at radius 3 is 3.23 bits per heavy atom. The molecule has 1 aliphatic rings. The highest BCUT2D eigenvalue weighted by atomic mass is 32.1. The molecule has 0 aromatic carbocycles. The zero-order valence-electron chi connectivity index (χ0n) is 7.22. The molecule has 5 heteroatoms. The number of aromatic nitrogens is 2. The van der Waals surface area contributed by atoms with Gasteiger partial charge in [0.15, 0.2) is 0 Å². The Kier molecular flexibility index (Phi) is 2.54. The van der Waals surface area contributed by atoms with E-state index in [-0.39, 0.29) is 6.04 Å². The molecule has 4 nitrogen and oxygen atoms in total. The summed E-state index contributed by atoms with van der Waals surface area (Å²) < 4.78 is 0. The number of hydrogen-bond acceptors (Lipinski definition) is 5. The lowest BCUT2D eigenvalue weighted by Crippen LogP contribution is -2.40. The Morgan fingerprint density at radius 1 is 1.62 bits per heavy atom. The van der Waals surface area contributed by atoms with Crippen LogP contribution in [0.3, 0.4) is 0 Å². The number of aldehydes is 1. The van der Waals surface area contributed by atoms with Gasteiger partial charge in [0.05, 0.1) is 6.04 Å². The van der Waals surface area contributed by atoms with Gasteiger partial charge in [-0.3, -0.25) is 0 Å². The summed E-state index contributed by atoms with van der Waals surface area (Å²) in [6.45, 7) is 0.929. The van der Waals surface area contributed by atoms with E-state index in [1.807, 2.05) is 4.90 Å². The van der Waals surface area contributed by atoms with Gasteiger partial charge in [-0.2, -0.15) is 0 Å². The van der Waals surface area contributed by atoms with Gasteiger partial charge in [0.1, 0.15) is 11.8 Å². The molecule has 1 fully saturated rings. The molecule has 0 amide bonds. The van der Waals surface area contributed by atoms with Crippen LogP contribution in [-0.4, -0.2) is 29.1 Å². The normalized spacial score (nSPS) is 23.1. The average molecular weight is 197 g/mol. The van der Waals surface area contributed by atoms with E-state index < -0.39 is 0 Å². The van der Waals surface area contributed by atoms with Crippen LogP contribution in [0.15, 0.2) is 5.51 Å². The Morgan fingerprint density at radius 2 is 2.54 bits per heavy atom. The number of rotatable bonds is 2. The molecule has 1 saturated heterocycles. The molecule has 70 valence electrons. The van der Waals surface area contributed by atoms with E-state index in [4.69, 9.17) is 0 Å². The molecule has 1 unspecified atom stereocenters. The fourth-order valence-electron chi connectivity index (χ4n) is 1.63. The zero-order valence-corrected chi connectivity index (χ0v) is 8.04. The topological polar surface area (TPSA) is 46.1 Å². The van der Waals surface area contributed by atoms with E-state index in [0.29, 0.717) is 0 Å². The van der Waals surface area contributed by atoms with Crippen molar-refractivity contribution in [3.05, 3.63) is 5.51 Å². The summed E-state index contributed by atoms with van der Waals surface area (Å²) in [5.41, 5.74) is 1.70. The van der Waals surface area contributed by atoms with E-state index >= 15 is 0 Å². The molecule has 13 heavy (non-hydrogen) atoms. The van der Waals surface area contributed by atoms with Crippen molar-refractivity contribution in [3.63, 3.8) is 0 Å². The maximum absolute atomic E-state index is 10.8. The Bertz CT molecular complexity index is 275. The largest absolute Gasteiger partial charge is 0.337 e. The minimum absolute atomic E-state index is 0.0155. The van der Waals surface area contributed by atoms with Crippen LogP contribution in [0, 0.1) is 0 Å². The van der Waals surface area contributed by atoms with E-state index in [0.717, 1.165) is 37.2 Å². The van der Waals surface area contributed by atoms with Crippen molar-refractivity contribution in [1.29, 1.82) is 0 Å². The summed E-state index contributed by atoms with van der Waals surface area (Å²) in [5, 5.41) is 8.62. The quantitative estimate of drug-likeness (QED) is 0.666. The summed E-state index contributed by atoms with van der Waals surface area (Å²) in [4.78, 5) is 12.8. The van der Waals surface area contributed by atoms with Crippen molar-refractivity contribution in [2.24, 2.45) is 0 Å². The van der Waals surface area contributed by atoms with Crippen LogP contribution in [0.5, 0.6) is 0 Å². The van der Waals surface area contributed by atoms with Gasteiger partial charge in [0.2, 0.25) is 5.13 Å². The van der Waals surface area contributed by atoms with Crippen LogP contribution < -0.4 is 4.90 Å². The van der Waals surface area contributed by atoms with Crippen LogP contribution >= 0.6 is 11.3 Å². The molecule has 0 aliphatic carbocycles. The van der Waals surface area contributed by atoms with Gasteiger partial charge in [0.25, 0.3) is 0 Å². The third-order valence-electron chi connectivity index (χ3n) is 2.30. The van der Waals surface area contributed by atoms with Crippen molar-refractivity contribution >= 4 is 22.8 Å². The molecule has 1 aromatic heterocycles. The van der Waals surface area contributed by atoms with Gasteiger partial charge >= 0.3 is 0 Å². The summed E-state index contributed by atoms with van der Waals surface area (Å²) in [7, 11) is 0. The zero-order chi connectivity index (χ0) is 9.10. The summed E-state index contributed by atoms with van der Waals surface area (Å²) in [6.07, 6.45) is 4.24. The standard InChI is InChI=1S/C8H11N3OS/c12-5-7-3-1-2-4-11(7)8-10-9-6-13-8/h5-7H,1-4H2. The Balaban J connectivity index is 2.15. The number of nitrogens with zero attached hydrogens (tertiary/aromatic N) is 3. The molecule has 0 radical (unpaired) electrons. The number of carbonyl (C=O) groups is 1. The van der Waals surface area contributed by atoms with E-state index in [9.17, 15) is 4.79 Å². The maximum atomic E-state index is 10.8. The first-order valence-corrected chi connectivity index (χ1v) is 5.28. The maximum Gasteiger partial charge on any atom is 0.208 e. The van der Waals surface area contributed by atoms with Gasteiger partial charge in [-0.05, 0) is 19.3 Å². The number of carbonyl (C=O) groups excluding carboxylic acids is 1. The smallest absolute Gasteiger partial charge is 0.208 e. The van der Waals surface area contributed by atoms with Crippen LogP contribution in [0.2, 0.25) is 0 Å². The number of hydrogen-bond donors (Lipinski definition) is 0. The number of piperidine rings is 1. The number of anilines is 1. The molecule has 1 aromatic rings. The molecule has 0 saturated carbocycles. The van der Waals surface area contributed by atoms with Gasteiger partial charge in [-0.25, -0.2) is 0 Å². The Labute approximate surface area is 80.6 Å². The first-order valence-electron chi connectivity index (χ1n) is 4.40. The molecule has 2 rings (SSSR count). The van der Waals surface area contributed by atoms with E-state index in [2.05, 4.69) is 10.2 Å². The SMILES string of the molecule is O=CC1CCCCN1c1nncs1. The second-order valence-corrected chi connectivity index (χ2v) is 3.93. The predicted octanol–water partition coefficient (Wildman–Crippen LogP) is 1.10. The molecule has 0 spiro atoms. The predicted molar refractivity (Wildman–Crippen MR) is 51.0 cm³/mol. The lowest BCUT2D eigenvalue weighted by atomic mass is 10.0. The molecule has 2 heterocycles. The van der Waals surface area contributed by atoms with Crippen LogP contribution in [0.4, 0.5) is 5.13 Å². The van der Waals surface area contributed by atoms with Crippen molar-refractivity contribution in [2.75, 3.05) is 11.4 Å². The van der Waals surface area contributed by atoms with Crippen LogP contribution in [0.25, 0.3) is 0 Å². The molecule has 0 N–H and O–H groups in total. The van der Waals surface area contributed by atoms with Gasteiger partial charge in [0, 0.05) is 6.54 Å². The van der Waals surface area contributed by atoms with Gasteiger partial charge in [-0.15, -0.1) is 10.2 Å². The van der Waals surface area contributed by atoms with Crippen molar-refractivity contribution in [1.82, 2.24) is 10.2 Å². The van der Waals surface area contributed by atoms with E-state index in [1.165, 1.54) is 11.3 Å². The van der Waals surface area contributed by atoms with Crippen molar-refractivity contribution < 1.29 is 4.79 Å². The lowest BCUT2D eigenvalue weighted by Gasteiger charge is -2.31. The third kappa shape index (κ3) is 1.70. The minimum Gasteiger partial charge on any atom is -0.337 e. The molecular weight excluding hydrogens is 186 g/mol. The second-order valence-electron chi connectivity index (χ2n) is 3.11. The molecule has 1 atom stereocenters. The van der Waals surface area contributed by atoms with Crippen LogP contribution in [0.1, 0.15) is 19.3 Å². The lowest BCUT2D eigenvalue weighted by molar-refractivity contribution is -0.109. The molecule has 1 aliphatic heterocycles. The summed E-state index contributed by atoms with van der Waals surface area (Å²) >= 11 is 1.49. The van der Waals surface area contributed by atoms with Crippen molar-refractivity contribution in [3.8, 4) is 0 Å². The third-order valence-corrected chi connectivity index (χ3v) is 3.03. The summed E-state index contributed by atoms with van der Waals surface area (Å²) in [6, 6.07) is 0.0155. The van der Waals surface area contributed by atoms with Gasteiger partial charge < -0.3 is 9.69 Å².